The zero-order valence-corrected chi connectivity index (χ0v) is 7.13. The molecule has 0 bridgehead atoms. The summed E-state index contributed by atoms with van der Waals surface area (Å²) in [7, 11) is 0. The monoisotopic (exact) mass is 161 g/mol. The van der Waals surface area contributed by atoms with Gasteiger partial charge in [-0.15, -0.1) is 0 Å². The van der Waals surface area contributed by atoms with Crippen molar-refractivity contribution in [3.05, 3.63) is 0 Å². The average Bonchev–Trinajstić information content (AvgIpc) is 1.80. The van der Waals surface area contributed by atoms with Crippen molar-refractivity contribution in [2.45, 2.75) is 26.9 Å². The van der Waals surface area contributed by atoms with Gasteiger partial charge >= 0.3 is 6.09 Å². The quantitative estimate of drug-likeness (QED) is 0.619. The van der Waals surface area contributed by atoms with E-state index in [0.717, 1.165) is 0 Å². The summed E-state index contributed by atoms with van der Waals surface area (Å²) in [4.78, 5) is 10.1. The van der Waals surface area contributed by atoms with Crippen molar-refractivity contribution in [1.82, 2.24) is 0 Å². The Hall–Kier alpha value is -0.770. The van der Waals surface area contributed by atoms with Gasteiger partial charge in [-0.1, -0.05) is 20.8 Å². The molecule has 4 heteroatoms. The second-order valence-corrected chi connectivity index (χ2v) is 3.51. The predicted molar refractivity (Wildman–Crippen MR) is 41.0 cm³/mol. The van der Waals surface area contributed by atoms with Gasteiger partial charge in [0, 0.05) is 0 Å². The number of nitrogens with two attached hydrogens (primary N) is 1. The maximum absolute atomic E-state index is 10.1. The van der Waals surface area contributed by atoms with Crippen molar-refractivity contribution >= 4 is 6.09 Å². The Morgan fingerprint density at radius 2 is 2.09 bits per heavy atom. The number of hydrogen-bond donors (Lipinski definition) is 2. The van der Waals surface area contributed by atoms with Gasteiger partial charge in [-0.05, 0) is 5.41 Å². The number of amides is 1. The molecule has 0 aromatic heterocycles. The largest absolute Gasteiger partial charge is 0.447 e. The Morgan fingerprint density at radius 3 is 2.36 bits per heavy atom. The van der Waals surface area contributed by atoms with Crippen LogP contribution in [0.4, 0.5) is 4.79 Å². The van der Waals surface area contributed by atoms with E-state index >= 15 is 0 Å². The highest BCUT2D eigenvalue weighted by atomic mass is 16.6. The molecule has 11 heavy (non-hydrogen) atoms. The molecule has 1 amide bonds. The van der Waals surface area contributed by atoms with Gasteiger partial charge in [0.05, 0.1) is 6.10 Å². The van der Waals surface area contributed by atoms with E-state index in [0.29, 0.717) is 0 Å². The molecule has 0 radical (unpaired) electrons. The third-order valence-electron chi connectivity index (χ3n) is 1.38. The molecule has 0 aromatic rings. The fourth-order valence-electron chi connectivity index (χ4n) is 0.411. The summed E-state index contributed by atoms with van der Waals surface area (Å²) in [6, 6.07) is 0. The van der Waals surface area contributed by atoms with Crippen LogP contribution < -0.4 is 5.73 Å². The molecule has 0 aliphatic rings. The van der Waals surface area contributed by atoms with Crippen LogP contribution in [0.3, 0.4) is 0 Å². The van der Waals surface area contributed by atoms with Gasteiger partial charge in [0.2, 0.25) is 0 Å². The van der Waals surface area contributed by atoms with Crippen LogP contribution in [0.25, 0.3) is 0 Å². The normalized spacial score (nSPS) is 14.2. The average molecular weight is 161 g/mol. The van der Waals surface area contributed by atoms with E-state index in [1.165, 1.54) is 0 Å². The predicted octanol–water partition coefficient (Wildman–Crippen LogP) is 0.489. The summed E-state index contributed by atoms with van der Waals surface area (Å²) < 4.78 is 4.42. The number of carbonyl (C=O) groups excluding carboxylic acids is 1. The molecule has 4 nitrogen and oxygen atoms in total. The SMILES string of the molecule is CC(C)(C)C(O)COC(N)=O. The van der Waals surface area contributed by atoms with Crippen LogP contribution in [0.1, 0.15) is 20.8 Å². The molecule has 0 fully saturated rings. The Kier molecular flexibility index (Phi) is 3.32. The molecule has 0 spiro atoms. The van der Waals surface area contributed by atoms with Crippen LogP contribution in [0.5, 0.6) is 0 Å². The summed E-state index contributed by atoms with van der Waals surface area (Å²) >= 11 is 0. The lowest BCUT2D eigenvalue weighted by Gasteiger charge is -2.24. The molecule has 66 valence electrons. The van der Waals surface area contributed by atoms with E-state index in [1.807, 2.05) is 20.8 Å². The molecule has 0 heterocycles. The van der Waals surface area contributed by atoms with E-state index in [9.17, 15) is 9.90 Å². The van der Waals surface area contributed by atoms with Gasteiger partial charge < -0.3 is 15.6 Å². The molecule has 3 N–H and O–H groups in total. The number of rotatable bonds is 2. The minimum absolute atomic E-state index is 0.0428. The summed E-state index contributed by atoms with van der Waals surface area (Å²) in [5.74, 6) is 0. The molecule has 0 saturated carbocycles. The van der Waals surface area contributed by atoms with Gasteiger partial charge in [-0.3, -0.25) is 0 Å². The molecule has 0 aliphatic carbocycles. The molecular formula is C7H15NO3. The Balaban J connectivity index is 3.70. The number of aliphatic hydroxyl groups is 1. The lowest BCUT2D eigenvalue weighted by atomic mass is 9.90. The van der Waals surface area contributed by atoms with E-state index in [4.69, 9.17) is 5.73 Å². The van der Waals surface area contributed by atoms with Gasteiger partial charge in [-0.25, -0.2) is 4.79 Å². The summed E-state index contributed by atoms with van der Waals surface area (Å²) in [6.45, 7) is 5.50. The fourth-order valence-corrected chi connectivity index (χ4v) is 0.411. The highest BCUT2D eigenvalue weighted by Gasteiger charge is 2.22. The number of aliphatic hydroxyl groups excluding tert-OH is 1. The molecular weight excluding hydrogens is 146 g/mol. The smallest absolute Gasteiger partial charge is 0.404 e. The van der Waals surface area contributed by atoms with Crippen LogP contribution in [-0.4, -0.2) is 23.9 Å². The number of ether oxygens (including phenoxy) is 1. The van der Waals surface area contributed by atoms with Crippen molar-refractivity contribution in [1.29, 1.82) is 0 Å². The summed E-state index contributed by atoms with van der Waals surface area (Å²) in [5, 5.41) is 9.30. The van der Waals surface area contributed by atoms with Crippen molar-refractivity contribution in [3.63, 3.8) is 0 Å². The van der Waals surface area contributed by atoms with Crippen LogP contribution in [0.15, 0.2) is 0 Å². The fraction of sp³-hybridized carbons (Fsp3) is 0.857. The van der Waals surface area contributed by atoms with E-state index in [2.05, 4.69) is 4.74 Å². The van der Waals surface area contributed by atoms with E-state index in [-0.39, 0.29) is 12.0 Å². The molecule has 0 aromatic carbocycles. The maximum atomic E-state index is 10.1. The first-order valence-corrected chi connectivity index (χ1v) is 3.44. The van der Waals surface area contributed by atoms with Crippen molar-refractivity contribution < 1.29 is 14.6 Å². The Bertz CT molecular complexity index is 139. The van der Waals surface area contributed by atoms with E-state index < -0.39 is 12.2 Å². The minimum Gasteiger partial charge on any atom is -0.447 e. The standard InChI is InChI=1S/C7H15NO3/c1-7(2,3)5(9)4-11-6(8)10/h5,9H,4H2,1-3H3,(H2,8,10). The Morgan fingerprint density at radius 1 is 1.64 bits per heavy atom. The Labute approximate surface area is 66.3 Å². The number of carbonyl (C=O) groups is 1. The summed E-state index contributed by atoms with van der Waals surface area (Å²) in [5.41, 5.74) is 4.43. The van der Waals surface area contributed by atoms with E-state index in [1.54, 1.807) is 0 Å². The van der Waals surface area contributed by atoms with Crippen molar-refractivity contribution in [2.24, 2.45) is 11.1 Å². The summed E-state index contributed by atoms with van der Waals surface area (Å²) in [6.07, 6.45) is -1.52. The van der Waals surface area contributed by atoms with Gasteiger partial charge in [0.1, 0.15) is 6.61 Å². The lowest BCUT2D eigenvalue weighted by Crippen LogP contribution is -2.32. The first-order valence-electron chi connectivity index (χ1n) is 3.44. The maximum Gasteiger partial charge on any atom is 0.404 e. The van der Waals surface area contributed by atoms with Crippen molar-refractivity contribution in [3.8, 4) is 0 Å². The van der Waals surface area contributed by atoms with Crippen LogP contribution in [-0.2, 0) is 4.74 Å². The topological polar surface area (TPSA) is 72.6 Å². The third-order valence-corrected chi connectivity index (χ3v) is 1.38. The van der Waals surface area contributed by atoms with Crippen LogP contribution >= 0.6 is 0 Å². The van der Waals surface area contributed by atoms with Gasteiger partial charge in [-0.2, -0.15) is 0 Å². The first kappa shape index (κ1) is 10.2. The minimum atomic E-state index is -0.853. The molecule has 0 rings (SSSR count). The molecule has 1 atom stereocenters. The highest BCUT2D eigenvalue weighted by Crippen LogP contribution is 2.18. The molecule has 1 unspecified atom stereocenters. The van der Waals surface area contributed by atoms with Gasteiger partial charge in [0.25, 0.3) is 0 Å². The number of hydrogen-bond acceptors (Lipinski definition) is 3. The van der Waals surface area contributed by atoms with Crippen LogP contribution in [0.2, 0.25) is 0 Å². The second kappa shape index (κ2) is 3.57. The van der Waals surface area contributed by atoms with Crippen LogP contribution in [0, 0.1) is 5.41 Å². The molecule has 0 aliphatic heterocycles. The third kappa shape index (κ3) is 4.61. The van der Waals surface area contributed by atoms with Crippen molar-refractivity contribution in [2.75, 3.05) is 6.61 Å². The van der Waals surface area contributed by atoms with Gasteiger partial charge in [0.15, 0.2) is 0 Å². The second-order valence-electron chi connectivity index (χ2n) is 3.51. The highest BCUT2D eigenvalue weighted by molar-refractivity contribution is 5.64. The lowest BCUT2D eigenvalue weighted by molar-refractivity contribution is 0.00625. The number of primary amides is 1. The molecule has 0 saturated heterocycles. The zero-order valence-electron chi connectivity index (χ0n) is 7.13. The zero-order chi connectivity index (χ0) is 9.07. The first-order chi connectivity index (χ1) is 4.84.